The summed E-state index contributed by atoms with van der Waals surface area (Å²) in [6.07, 6.45) is 16.0. The van der Waals surface area contributed by atoms with Crippen LogP contribution in [-0.4, -0.2) is 45.2 Å². The highest BCUT2D eigenvalue weighted by Crippen LogP contribution is 2.24. The molecule has 0 spiro atoms. The summed E-state index contributed by atoms with van der Waals surface area (Å²) >= 11 is 0. The first-order valence-electron chi connectivity index (χ1n) is 12.3. The van der Waals surface area contributed by atoms with E-state index in [1.54, 1.807) is 6.08 Å². The Morgan fingerprint density at radius 1 is 0.903 bits per heavy atom. The minimum atomic E-state index is -0.761. The van der Waals surface area contributed by atoms with Crippen molar-refractivity contribution in [1.82, 2.24) is 0 Å². The Balaban J connectivity index is 4.62. The lowest BCUT2D eigenvalue weighted by atomic mass is 9.89. The van der Waals surface area contributed by atoms with E-state index in [9.17, 15) is 20.1 Å². The van der Waals surface area contributed by atoms with E-state index >= 15 is 0 Å². The molecule has 0 radical (unpaired) electrons. The van der Waals surface area contributed by atoms with Gasteiger partial charge in [-0.2, -0.15) is 0 Å². The second-order valence-electron chi connectivity index (χ2n) is 9.33. The molecule has 0 aromatic carbocycles. The predicted octanol–water partition coefficient (Wildman–Crippen LogP) is 5.63. The van der Waals surface area contributed by atoms with Crippen molar-refractivity contribution in [3.8, 4) is 0 Å². The van der Waals surface area contributed by atoms with Gasteiger partial charge in [0.1, 0.15) is 0 Å². The summed E-state index contributed by atoms with van der Waals surface area (Å²) in [6, 6.07) is 0. The summed E-state index contributed by atoms with van der Waals surface area (Å²) in [4.78, 5) is 10.9. The molecule has 0 heterocycles. The topological polar surface area (TPSA) is 98.0 Å². The number of carboxylic acids is 1. The molecular weight excluding hydrogens is 392 g/mol. The van der Waals surface area contributed by atoms with Crippen LogP contribution in [0, 0.1) is 11.8 Å². The minimum Gasteiger partial charge on any atom is -0.481 e. The third-order valence-electron chi connectivity index (χ3n) is 5.76. The molecule has 0 fully saturated rings. The summed E-state index contributed by atoms with van der Waals surface area (Å²) in [6.45, 7) is 6.29. The maximum Gasteiger partial charge on any atom is 0.303 e. The van der Waals surface area contributed by atoms with Crippen LogP contribution < -0.4 is 0 Å². The van der Waals surface area contributed by atoms with Gasteiger partial charge >= 0.3 is 5.97 Å². The molecule has 5 heteroatoms. The van der Waals surface area contributed by atoms with E-state index in [2.05, 4.69) is 20.8 Å². The van der Waals surface area contributed by atoms with Crippen LogP contribution in [-0.2, 0) is 4.79 Å². The van der Waals surface area contributed by atoms with E-state index in [1.807, 2.05) is 12.2 Å². The molecule has 5 nitrogen and oxygen atoms in total. The zero-order chi connectivity index (χ0) is 23.5. The fourth-order valence-corrected chi connectivity index (χ4v) is 3.75. The maximum atomic E-state index is 10.9. The Morgan fingerprint density at radius 3 is 2.23 bits per heavy atom. The third kappa shape index (κ3) is 19.3. The van der Waals surface area contributed by atoms with Crippen molar-refractivity contribution in [2.24, 2.45) is 11.8 Å². The van der Waals surface area contributed by atoms with Gasteiger partial charge in [0.05, 0.1) is 18.8 Å². The van der Waals surface area contributed by atoms with Crippen molar-refractivity contribution < 1.29 is 25.2 Å². The van der Waals surface area contributed by atoms with Gasteiger partial charge in [-0.25, -0.2) is 0 Å². The number of unbranched alkanes of at least 4 members (excludes halogenated alkanes) is 3. The molecule has 0 amide bonds. The van der Waals surface area contributed by atoms with Gasteiger partial charge < -0.3 is 20.4 Å². The Kier molecular flexibility index (Phi) is 18.8. The van der Waals surface area contributed by atoms with Crippen LogP contribution in [0.5, 0.6) is 0 Å². The molecule has 182 valence electrons. The van der Waals surface area contributed by atoms with Crippen LogP contribution in [0.1, 0.15) is 104 Å². The van der Waals surface area contributed by atoms with Gasteiger partial charge in [-0.1, -0.05) is 89.5 Å². The highest BCUT2D eigenvalue weighted by atomic mass is 16.4. The molecule has 3 unspecified atom stereocenters. The molecular formula is C26H48O5. The highest BCUT2D eigenvalue weighted by Gasteiger charge is 2.12. The van der Waals surface area contributed by atoms with Crippen molar-refractivity contribution >= 4 is 5.97 Å². The molecule has 0 saturated carbocycles. The van der Waals surface area contributed by atoms with Crippen LogP contribution in [0.15, 0.2) is 23.8 Å². The summed E-state index contributed by atoms with van der Waals surface area (Å²) in [5.41, 5.74) is 1.07. The minimum absolute atomic E-state index is 0.238. The van der Waals surface area contributed by atoms with E-state index in [4.69, 9.17) is 5.11 Å². The van der Waals surface area contributed by atoms with Gasteiger partial charge in [0, 0.05) is 6.42 Å². The van der Waals surface area contributed by atoms with Crippen molar-refractivity contribution in [2.45, 2.75) is 116 Å². The van der Waals surface area contributed by atoms with Gasteiger partial charge in [0.15, 0.2) is 0 Å². The Bertz CT molecular complexity index is 498. The average Bonchev–Trinajstić information content (AvgIpc) is 2.71. The van der Waals surface area contributed by atoms with Crippen molar-refractivity contribution in [2.75, 3.05) is 6.61 Å². The lowest BCUT2D eigenvalue weighted by Gasteiger charge is -2.17. The number of carbonyl (C=O) groups is 1. The Morgan fingerprint density at radius 2 is 1.61 bits per heavy atom. The summed E-state index contributed by atoms with van der Waals surface area (Å²) in [7, 11) is 0. The van der Waals surface area contributed by atoms with E-state index < -0.39 is 18.2 Å². The number of hydrogen-bond donors (Lipinski definition) is 4. The number of rotatable bonds is 20. The van der Waals surface area contributed by atoms with E-state index in [-0.39, 0.29) is 13.0 Å². The summed E-state index contributed by atoms with van der Waals surface area (Å²) < 4.78 is 0. The van der Waals surface area contributed by atoms with E-state index in [0.29, 0.717) is 18.3 Å². The first-order valence-corrected chi connectivity index (χ1v) is 12.3. The lowest BCUT2D eigenvalue weighted by molar-refractivity contribution is -0.137. The molecule has 31 heavy (non-hydrogen) atoms. The molecule has 0 saturated heterocycles. The SMILES string of the molecule is CCCCCC(O)C=CC=C(CCCCC(CCC(=O)O)CCC(C)C)CC(O)CO. The lowest BCUT2D eigenvalue weighted by Crippen LogP contribution is -2.12. The Labute approximate surface area is 190 Å². The molecule has 0 rings (SSSR count). The number of hydrogen-bond acceptors (Lipinski definition) is 4. The van der Waals surface area contributed by atoms with Gasteiger partial charge in [0.25, 0.3) is 0 Å². The molecule has 0 aliphatic heterocycles. The quantitative estimate of drug-likeness (QED) is 0.145. The van der Waals surface area contributed by atoms with Crippen molar-refractivity contribution in [1.29, 1.82) is 0 Å². The van der Waals surface area contributed by atoms with Gasteiger partial charge in [-0.15, -0.1) is 0 Å². The largest absolute Gasteiger partial charge is 0.481 e. The fourth-order valence-electron chi connectivity index (χ4n) is 3.75. The van der Waals surface area contributed by atoms with E-state index in [0.717, 1.165) is 76.2 Å². The second-order valence-corrected chi connectivity index (χ2v) is 9.33. The van der Waals surface area contributed by atoms with Crippen LogP contribution >= 0.6 is 0 Å². The maximum absolute atomic E-state index is 10.9. The first-order chi connectivity index (χ1) is 14.8. The standard InChI is InChI=1S/C26H48O5/c1-4-5-6-13-24(28)14-9-12-23(19-25(29)20-27)11-8-7-10-22(16-15-21(2)3)17-18-26(30)31/h9,12,14,21-22,24-25,27-29H,4-8,10-11,13,15-20H2,1-3H3,(H,30,31). The zero-order valence-electron chi connectivity index (χ0n) is 20.1. The Hall–Kier alpha value is -1.17. The second kappa shape index (κ2) is 19.5. The highest BCUT2D eigenvalue weighted by molar-refractivity contribution is 5.66. The molecule has 3 atom stereocenters. The summed E-state index contributed by atoms with van der Waals surface area (Å²) in [5.74, 6) is 0.361. The van der Waals surface area contributed by atoms with Crippen LogP contribution in [0.4, 0.5) is 0 Å². The van der Waals surface area contributed by atoms with Gasteiger partial charge in [0.2, 0.25) is 0 Å². The van der Waals surface area contributed by atoms with Crippen molar-refractivity contribution in [3.05, 3.63) is 23.8 Å². The average molecular weight is 441 g/mol. The predicted molar refractivity (Wildman–Crippen MR) is 128 cm³/mol. The molecule has 0 aromatic rings. The number of aliphatic hydroxyl groups is 3. The van der Waals surface area contributed by atoms with Gasteiger partial charge in [-0.05, 0) is 43.9 Å². The van der Waals surface area contributed by atoms with Crippen LogP contribution in [0.2, 0.25) is 0 Å². The normalized spacial score (nSPS) is 15.5. The zero-order valence-corrected chi connectivity index (χ0v) is 20.1. The first kappa shape index (κ1) is 29.8. The van der Waals surface area contributed by atoms with E-state index in [1.165, 1.54) is 0 Å². The fraction of sp³-hybridized carbons (Fsp3) is 0.808. The van der Waals surface area contributed by atoms with Gasteiger partial charge in [-0.3, -0.25) is 4.79 Å². The third-order valence-corrected chi connectivity index (χ3v) is 5.76. The smallest absolute Gasteiger partial charge is 0.303 e. The molecule has 4 N–H and O–H groups in total. The van der Waals surface area contributed by atoms with Crippen LogP contribution in [0.25, 0.3) is 0 Å². The molecule has 0 bridgehead atoms. The molecule has 0 aliphatic carbocycles. The van der Waals surface area contributed by atoms with Crippen molar-refractivity contribution in [3.63, 3.8) is 0 Å². The molecule has 0 aromatic heterocycles. The number of aliphatic hydroxyl groups excluding tert-OH is 3. The number of allylic oxidation sites excluding steroid dienone is 2. The summed E-state index contributed by atoms with van der Waals surface area (Å²) in [5, 5.41) is 38.1. The molecule has 0 aliphatic rings. The number of aliphatic carboxylic acids is 1. The monoisotopic (exact) mass is 440 g/mol. The number of carboxylic acid groups (broad SMARTS) is 1. The van der Waals surface area contributed by atoms with Crippen LogP contribution in [0.3, 0.4) is 0 Å².